The smallest absolute Gasteiger partial charge is 0.227 e. The summed E-state index contributed by atoms with van der Waals surface area (Å²) in [5.41, 5.74) is 5.00. The van der Waals surface area contributed by atoms with Crippen molar-refractivity contribution in [3.8, 4) is 0 Å². The first-order chi connectivity index (χ1) is 7.99. The number of nitrogens with two attached hydrogens (primary N) is 1. The number of carbonyl (C=O) groups excluding carboxylic acids is 2. The summed E-state index contributed by atoms with van der Waals surface area (Å²) in [5.74, 6) is 0.560. The zero-order valence-electron chi connectivity index (χ0n) is 10.5. The Morgan fingerprint density at radius 1 is 1.41 bits per heavy atom. The SMILES string of the molecule is CC(C)N(CCCO)C(=O)CCSCC(N)=O. The van der Waals surface area contributed by atoms with Gasteiger partial charge < -0.3 is 15.7 Å². The van der Waals surface area contributed by atoms with Crippen molar-refractivity contribution in [2.75, 3.05) is 24.7 Å². The fourth-order valence-corrected chi connectivity index (χ4v) is 2.05. The highest BCUT2D eigenvalue weighted by Crippen LogP contribution is 2.07. The molecule has 0 aromatic rings. The predicted octanol–water partition coefficient (Wildman–Crippen LogP) is 0.214. The van der Waals surface area contributed by atoms with Crippen molar-refractivity contribution in [3.63, 3.8) is 0 Å². The fraction of sp³-hybridized carbons (Fsp3) is 0.818. The second-order valence-corrected chi connectivity index (χ2v) is 5.13. The summed E-state index contributed by atoms with van der Waals surface area (Å²) in [6, 6.07) is 0.134. The van der Waals surface area contributed by atoms with E-state index in [1.165, 1.54) is 11.8 Å². The van der Waals surface area contributed by atoms with Crippen molar-refractivity contribution in [3.05, 3.63) is 0 Å². The number of aliphatic hydroxyl groups is 1. The first kappa shape index (κ1) is 16.2. The summed E-state index contributed by atoms with van der Waals surface area (Å²) in [6.07, 6.45) is 1.000. The zero-order valence-corrected chi connectivity index (χ0v) is 11.3. The zero-order chi connectivity index (χ0) is 13.3. The molecule has 0 rings (SSSR count). The maximum atomic E-state index is 11.9. The minimum Gasteiger partial charge on any atom is -0.396 e. The van der Waals surface area contributed by atoms with E-state index in [1.54, 1.807) is 4.90 Å². The molecule has 5 nitrogen and oxygen atoms in total. The first-order valence-corrected chi connectivity index (χ1v) is 6.91. The maximum absolute atomic E-state index is 11.9. The van der Waals surface area contributed by atoms with Crippen LogP contribution in [-0.2, 0) is 9.59 Å². The number of rotatable bonds is 9. The van der Waals surface area contributed by atoms with Crippen molar-refractivity contribution in [1.29, 1.82) is 0 Å². The van der Waals surface area contributed by atoms with Gasteiger partial charge in [0.1, 0.15) is 0 Å². The number of hydrogen-bond acceptors (Lipinski definition) is 4. The third-order valence-corrected chi connectivity index (χ3v) is 3.19. The van der Waals surface area contributed by atoms with Crippen LogP contribution in [0.25, 0.3) is 0 Å². The van der Waals surface area contributed by atoms with E-state index in [0.29, 0.717) is 25.1 Å². The van der Waals surface area contributed by atoms with Crippen LogP contribution < -0.4 is 5.73 Å². The van der Waals surface area contributed by atoms with Gasteiger partial charge in [-0.25, -0.2) is 0 Å². The van der Waals surface area contributed by atoms with Gasteiger partial charge in [-0.05, 0) is 20.3 Å². The molecule has 0 heterocycles. The van der Waals surface area contributed by atoms with E-state index < -0.39 is 0 Å². The van der Waals surface area contributed by atoms with Gasteiger partial charge in [0.05, 0.1) is 5.75 Å². The van der Waals surface area contributed by atoms with E-state index in [1.807, 2.05) is 13.8 Å². The average molecular weight is 262 g/mol. The highest BCUT2D eigenvalue weighted by molar-refractivity contribution is 7.99. The quantitative estimate of drug-likeness (QED) is 0.582. The fourth-order valence-electron chi connectivity index (χ4n) is 1.39. The monoisotopic (exact) mass is 262 g/mol. The van der Waals surface area contributed by atoms with Crippen molar-refractivity contribution in [2.24, 2.45) is 5.73 Å². The molecule has 0 spiro atoms. The Bertz CT molecular complexity index is 247. The molecule has 17 heavy (non-hydrogen) atoms. The van der Waals surface area contributed by atoms with E-state index in [2.05, 4.69) is 0 Å². The van der Waals surface area contributed by atoms with Crippen LogP contribution in [0.3, 0.4) is 0 Å². The van der Waals surface area contributed by atoms with Gasteiger partial charge in [-0.2, -0.15) is 11.8 Å². The lowest BCUT2D eigenvalue weighted by molar-refractivity contribution is -0.132. The molecule has 100 valence electrons. The topological polar surface area (TPSA) is 83.6 Å². The predicted molar refractivity (Wildman–Crippen MR) is 69.7 cm³/mol. The molecule has 0 aromatic carbocycles. The van der Waals surface area contributed by atoms with Gasteiger partial charge in [0.2, 0.25) is 11.8 Å². The Morgan fingerprint density at radius 3 is 2.53 bits per heavy atom. The number of carbonyl (C=O) groups is 2. The number of hydrogen-bond donors (Lipinski definition) is 2. The number of thioether (sulfide) groups is 1. The van der Waals surface area contributed by atoms with Gasteiger partial charge in [-0.1, -0.05) is 0 Å². The molecular weight excluding hydrogens is 240 g/mol. The van der Waals surface area contributed by atoms with Gasteiger partial charge >= 0.3 is 0 Å². The lowest BCUT2D eigenvalue weighted by Crippen LogP contribution is -2.38. The third-order valence-electron chi connectivity index (χ3n) is 2.21. The standard InChI is InChI=1S/C11H22N2O3S/c1-9(2)13(5-3-6-14)11(16)4-7-17-8-10(12)15/h9,14H,3-8H2,1-2H3,(H2,12,15). The van der Waals surface area contributed by atoms with Crippen LogP contribution in [0.15, 0.2) is 0 Å². The van der Waals surface area contributed by atoms with Crippen LogP contribution in [0.5, 0.6) is 0 Å². The molecule has 2 amide bonds. The number of primary amides is 1. The molecule has 0 unspecified atom stereocenters. The Hall–Kier alpha value is -0.750. The molecule has 0 saturated carbocycles. The Labute approximate surface area is 107 Å². The van der Waals surface area contributed by atoms with Gasteiger partial charge in [-0.15, -0.1) is 0 Å². The Morgan fingerprint density at radius 2 is 2.06 bits per heavy atom. The molecule has 0 aromatic heterocycles. The lowest BCUT2D eigenvalue weighted by atomic mass is 10.2. The van der Waals surface area contributed by atoms with E-state index in [-0.39, 0.29) is 30.2 Å². The van der Waals surface area contributed by atoms with Crippen molar-refractivity contribution < 1.29 is 14.7 Å². The highest BCUT2D eigenvalue weighted by Gasteiger charge is 2.15. The van der Waals surface area contributed by atoms with Crippen molar-refractivity contribution >= 4 is 23.6 Å². The Balaban J connectivity index is 3.93. The van der Waals surface area contributed by atoms with Crippen molar-refractivity contribution in [2.45, 2.75) is 32.7 Å². The van der Waals surface area contributed by atoms with Crippen LogP contribution in [0.4, 0.5) is 0 Å². The van der Waals surface area contributed by atoms with Gasteiger partial charge in [-0.3, -0.25) is 9.59 Å². The van der Waals surface area contributed by atoms with Crippen LogP contribution in [0, 0.1) is 0 Å². The number of aliphatic hydroxyl groups excluding tert-OH is 1. The van der Waals surface area contributed by atoms with E-state index in [4.69, 9.17) is 10.8 Å². The van der Waals surface area contributed by atoms with E-state index in [9.17, 15) is 9.59 Å². The minimum absolute atomic E-state index is 0.0606. The van der Waals surface area contributed by atoms with E-state index >= 15 is 0 Å². The molecule has 0 aliphatic heterocycles. The molecule has 3 N–H and O–H groups in total. The van der Waals surface area contributed by atoms with Gasteiger partial charge in [0.15, 0.2) is 0 Å². The second kappa shape index (κ2) is 9.30. The normalized spacial score (nSPS) is 10.6. The molecule has 0 bridgehead atoms. The minimum atomic E-state index is -0.358. The summed E-state index contributed by atoms with van der Waals surface area (Å²) in [4.78, 5) is 24.1. The second-order valence-electron chi connectivity index (χ2n) is 4.03. The summed E-state index contributed by atoms with van der Waals surface area (Å²) in [7, 11) is 0. The summed E-state index contributed by atoms with van der Waals surface area (Å²) >= 11 is 1.37. The van der Waals surface area contributed by atoms with Crippen LogP contribution in [-0.4, -0.2) is 52.5 Å². The maximum Gasteiger partial charge on any atom is 0.227 e. The average Bonchev–Trinajstić information content (AvgIpc) is 2.24. The Kier molecular flexibility index (Phi) is 8.89. The summed E-state index contributed by atoms with van der Waals surface area (Å²) in [6.45, 7) is 4.57. The van der Waals surface area contributed by atoms with Crippen molar-refractivity contribution in [1.82, 2.24) is 4.90 Å². The number of nitrogens with zero attached hydrogens (tertiary/aromatic N) is 1. The molecule has 0 aliphatic carbocycles. The summed E-state index contributed by atoms with van der Waals surface area (Å²) < 4.78 is 0. The molecule has 0 atom stereocenters. The highest BCUT2D eigenvalue weighted by atomic mass is 32.2. The molecule has 0 aliphatic rings. The largest absolute Gasteiger partial charge is 0.396 e. The van der Waals surface area contributed by atoms with Crippen LogP contribution in [0.1, 0.15) is 26.7 Å². The first-order valence-electron chi connectivity index (χ1n) is 5.75. The van der Waals surface area contributed by atoms with Crippen LogP contribution in [0.2, 0.25) is 0 Å². The lowest BCUT2D eigenvalue weighted by Gasteiger charge is -2.26. The molecule has 0 radical (unpaired) electrons. The van der Waals surface area contributed by atoms with Gasteiger partial charge in [0.25, 0.3) is 0 Å². The van der Waals surface area contributed by atoms with E-state index in [0.717, 1.165) is 0 Å². The molecular formula is C11H22N2O3S. The third kappa shape index (κ3) is 8.04. The number of amides is 2. The van der Waals surface area contributed by atoms with Gasteiger partial charge in [0, 0.05) is 31.4 Å². The van der Waals surface area contributed by atoms with Crippen LogP contribution >= 0.6 is 11.8 Å². The summed E-state index contributed by atoms with van der Waals surface area (Å²) in [5, 5.41) is 8.76. The molecule has 0 fully saturated rings. The molecule has 6 heteroatoms. The molecule has 0 saturated heterocycles.